The molecular formula is C69H75N28O17+3. The standard InChI is InChI=1S/4C10H10N4O3.2C10H12N4O.C9H8N4O3/c2*1-13-6-8(11-12-13)7-4-3-5-9(14(15)16)10(7)17-2;2*1-13-11-6-8(12-13)7-4-3-5-9(14(15)16)10(7)17-2;1-14-6-9(12-13-14)7-4-3-5-8(11)10(7)15-2;1-14-12-6-9(13-14)7-4-3-5-8(11)10(7)15-2;1-16-9-6(7-5-10-12-11-7)3-2-4-8(9)13(14)15/h4*3-6H,1-2H3;2*3-6H,11H2,1-2H3;2-5H,1H3,(H,10,11,12)/p+3. The highest BCUT2D eigenvalue weighted by atomic mass is 16.6. The van der Waals surface area contributed by atoms with E-state index < -0.39 is 24.6 Å². The zero-order valence-corrected chi connectivity index (χ0v) is 63.1. The second-order valence-electron chi connectivity index (χ2n) is 23.0. The van der Waals surface area contributed by atoms with E-state index in [1.54, 1.807) is 155 Å². The molecule has 8 N–H and O–H groups in total. The molecule has 590 valence electrons. The number of nitrogens with one attached hydrogen (secondary N) is 4. The topological polar surface area (TPSA) is 564 Å². The Balaban J connectivity index is 0.000000167. The molecule has 0 bridgehead atoms. The van der Waals surface area contributed by atoms with Gasteiger partial charge < -0.3 is 44.6 Å². The normalized spacial score (nSPS) is 10.2. The number of nitrogen functional groups attached to an aromatic ring is 2. The first-order chi connectivity index (χ1) is 54.7. The number of H-pyrrole nitrogens is 4. The van der Waals surface area contributed by atoms with Crippen molar-refractivity contribution >= 4 is 39.8 Å². The predicted octanol–water partition coefficient (Wildman–Crippen LogP) is 7.39. The molecule has 7 aromatic heterocycles. The van der Waals surface area contributed by atoms with Gasteiger partial charge in [0.1, 0.15) is 43.9 Å². The molecule has 0 radical (unpaired) electrons. The van der Waals surface area contributed by atoms with Crippen molar-refractivity contribution in [3.05, 3.63) is 221 Å². The van der Waals surface area contributed by atoms with Crippen LogP contribution in [0, 0.1) is 50.6 Å². The highest BCUT2D eigenvalue weighted by Gasteiger charge is 2.28. The number of para-hydroxylation sites is 7. The quantitative estimate of drug-likeness (QED) is 0.0199. The molecule has 0 spiro atoms. The summed E-state index contributed by atoms with van der Waals surface area (Å²) in [7, 11) is 20.7. The van der Waals surface area contributed by atoms with Gasteiger partial charge in [0.05, 0.1) is 144 Å². The number of anilines is 2. The van der Waals surface area contributed by atoms with Gasteiger partial charge in [0.2, 0.25) is 28.7 Å². The third-order valence-electron chi connectivity index (χ3n) is 15.6. The molecule has 14 aromatic rings. The number of aryl methyl sites for hydroxylation is 6. The van der Waals surface area contributed by atoms with Gasteiger partial charge in [0, 0.05) is 72.3 Å². The number of nitrogens with two attached hydrogens (primary N) is 2. The molecule has 0 atom stereocenters. The fourth-order valence-electron chi connectivity index (χ4n) is 10.6. The summed E-state index contributed by atoms with van der Waals surface area (Å²) in [5.41, 5.74) is 21.2. The van der Waals surface area contributed by atoms with Crippen LogP contribution in [-0.2, 0) is 42.3 Å². The smallest absolute Gasteiger partial charge is 0.311 e. The molecule has 0 fully saturated rings. The molecule has 45 nitrogen and oxygen atoms in total. The fourth-order valence-corrected chi connectivity index (χ4v) is 10.6. The van der Waals surface area contributed by atoms with Gasteiger partial charge in [-0.05, 0) is 54.6 Å². The molecule has 0 saturated carbocycles. The van der Waals surface area contributed by atoms with Gasteiger partial charge in [0.25, 0.3) is 17.1 Å². The Labute approximate surface area is 644 Å². The summed E-state index contributed by atoms with van der Waals surface area (Å²) in [6.07, 6.45) is 11.5. The number of aromatic nitrogens is 21. The molecule has 0 aliphatic carbocycles. The number of aromatic amines is 4. The zero-order valence-electron chi connectivity index (χ0n) is 63.1. The van der Waals surface area contributed by atoms with E-state index in [1.807, 2.05) is 37.5 Å². The van der Waals surface area contributed by atoms with Crippen molar-refractivity contribution in [1.29, 1.82) is 0 Å². The first-order valence-electron chi connectivity index (χ1n) is 32.8. The minimum absolute atomic E-state index is 0.0735. The minimum Gasteiger partial charge on any atom is -0.494 e. The lowest BCUT2D eigenvalue weighted by Crippen LogP contribution is -2.28. The van der Waals surface area contributed by atoms with E-state index in [9.17, 15) is 50.6 Å². The van der Waals surface area contributed by atoms with Crippen LogP contribution in [0.3, 0.4) is 0 Å². The second-order valence-corrected chi connectivity index (χ2v) is 23.0. The number of rotatable bonds is 19. The highest BCUT2D eigenvalue weighted by molar-refractivity contribution is 5.78. The predicted molar refractivity (Wildman–Crippen MR) is 405 cm³/mol. The largest absolute Gasteiger partial charge is 0.494 e. The van der Waals surface area contributed by atoms with Gasteiger partial charge in [-0.15, -0.1) is 0 Å². The first-order valence-corrected chi connectivity index (χ1v) is 32.8. The van der Waals surface area contributed by atoms with E-state index >= 15 is 0 Å². The molecule has 45 heteroatoms. The van der Waals surface area contributed by atoms with Crippen LogP contribution in [0.2, 0.25) is 0 Å². The monoisotopic (exact) mass is 1570 g/mol. The number of hydrogen-bond donors (Lipinski definition) is 6. The third kappa shape index (κ3) is 20.5. The molecular weight excluding hydrogens is 1490 g/mol. The average Bonchev–Trinajstić information content (AvgIpc) is 1.52. The van der Waals surface area contributed by atoms with Crippen LogP contribution in [0.5, 0.6) is 40.2 Å². The van der Waals surface area contributed by atoms with Crippen LogP contribution < -0.4 is 58.7 Å². The molecule has 0 unspecified atom stereocenters. The number of nitro benzene ring substituents is 5. The molecule has 0 saturated heterocycles. The number of ether oxygens (including phenoxy) is 7. The Kier molecular flexibility index (Phi) is 28.5. The highest BCUT2D eigenvalue weighted by Crippen LogP contribution is 2.42. The van der Waals surface area contributed by atoms with Gasteiger partial charge in [0.15, 0.2) is 30.1 Å². The van der Waals surface area contributed by atoms with E-state index in [4.69, 9.17) is 44.6 Å². The number of benzene rings is 7. The van der Waals surface area contributed by atoms with Gasteiger partial charge in [-0.25, -0.2) is 0 Å². The maximum Gasteiger partial charge on any atom is 0.311 e. The minimum atomic E-state index is -0.498. The van der Waals surface area contributed by atoms with Crippen molar-refractivity contribution in [1.82, 2.24) is 91.3 Å². The molecule has 0 aliphatic heterocycles. The Morgan fingerprint density at radius 2 is 0.553 bits per heavy atom. The summed E-state index contributed by atoms with van der Waals surface area (Å²) < 4.78 is 40.9. The van der Waals surface area contributed by atoms with Gasteiger partial charge in [-0.1, -0.05) is 58.1 Å². The van der Waals surface area contributed by atoms with E-state index in [1.165, 1.54) is 98.9 Å². The van der Waals surface area contributed by atoms with Gasteiger partial charge in [-0.2, -0.15) is 74.4 Å². The van der Waals surface area contributed by atoms with E-state index in [0.717, 1.165) is 22.5 Å². The average molecular weight is 1570 g/mol. The summed E-state index contributed by atoms with van der Waals surface area (Å²) in [6, 6.07) is 34.6. The zero-order chi connectivity index (χ0) is 82.9. The van der Waals surface area contributed by atoms with Crippen molar-refractivity contribution in [2.24, 2.45) is 42.3 Å². The maximum atomic E-state index is 10.9. The number of nitro groups is 5. The van der Waals surface area contributed by atoms with Crippen molar-refractivity contribution in [2.45, 2.75) is 0 Å². The van der Waals surface area contributed by atoms with Gasteiger partial charge >= 0.3 is 28.4 Å². The van der Waals surface area contributed by atoms with Crippen molar-refractivity contribution in [2.75, 3.05) is 61.2 Å². The molecule has 7 aromatic carbocycles. The Hall–Kier alpha value is -16.3. The van der Waals surface area contributed by atoms with E-state index in [2.05, 4.69) is 76.9 Å². The van der Waals surface area contributed by atoms with E-state index in [0.29, 0.717) is 79.2 Å². The molecule has 14 rings (SSSR count). The maximum absolute atomic E-state index is 10.9. The Bertz CT molecular complexity index is 5140. The van der Waals surface area contributed by atoms with Crippen LogP contribution in [0.4, 0.5) is 39.8 Å². The van der Waals surface area contributed by atoms with Crippen molar-refractivity contribution in [3.63, 3.8) is 0 Å². The van der Waals surface area contributed by atoms with Gasteiger partial charge in [-0.3, -0.25) is 50.6 Å². The molecule has 0 amide bonds. The van der Waals surface area contributed by atoms with Crippen LogP contribution in [-0.4, -0.2) is 166 Å². The third-order valence-corrected chi connectivity index (χ3v) is 15.6. The van der Waals surface area contributed by atoms with E-state index in [-0.39, 0.29) is 57.2 Å². The molecule has 114 heavy (non-hydrogen) atoms. The summed E-state index contributed by atoms with van der Waals surface area (Å²) >= 11 is 0. The van der Waals surface area contributed by atoms with Crippen LogP contribution in [0.25, 0.3) is 78.8 Å². The number of nitrogens with zero attached hydrogens (tertiary/aromatic N) is 22. The lowest BCUT2D eigenvalue weighted by molar-refractivity contribution is -0.730. The Morgan fingerprint density at radius 3 is 0.754 bits per heavy atom. The second kappa shape index (κ2) is 39.0. The van der Waals surface area contributed by atoms with Crippen molar-refractivity contribution in [3.8, 4) is 119 Å². The number of methoxy groups -OCH3 is 7. The van der Waals surface area contributed by atoms with Crippen LogP contribution >= 0.6 is 0 Å². The fraction of sp³-hybridized carbons (Fsp3) is 0.188. The summed E-state index contributed by atoms with van der Waals surface area (Å²) in [6.45, 7) is 0. The summed E-state index contributed by atoms with van der Waals surface area (Å²) in [5, 5.41) is 109. The van der Waals surface area contributed by atoms with Crippen molar-refractivity contribution < 1.29 is 71.8 Å². The first kappa shape index (κ1) is 83.4. The lowest BCUT2D eigenvalue weighted by Gasteiger charge is -2.08. The van der Waals surface area contributed by atoms with Crippen LogP contribution in [0.1, 0.15) is 0 Å². The number of hydrogen-bond acceptors (Lipinski definition) is 30. The van der Waals surface area contributed by atoms with Crippen LogP contribution in [0.15, 0.2) is 171 Å². The summed E-state index contributed by atoms with van der Waals surface area (Å²) in [5.74, 6) is 2.29. The Morgan fingerprint density at radius 1 is 0.325 bits per heavy atom. The SMILES string of the molecule is COc1c(-c2c[n+](C)[nH]n2)cccc1[N+](=O)[O-].COc1c(-c2c[n+](C)[nH]n2)cccc1[N+](=O)[O-].COc1c(-c2cn[nH]n2)cccc1[N+](=O)[O-].COc1c(-c2cnn(C)n2)cccc1[N+](=O)[O-].COc1c(-c2cnn(C)n2)cccc1[N+](=O)[O-].COc1c(N)cccc1-c1c[n+](C)[nH]n1.COc1c(N)cccc1-c1cnn(C)n1. The summed E-state index contributed by atoms with van der Waals surface area (Å²) in [4.78, 5) is 56.1. The lowest BCUT2D eigenvalue weighted by atomic mass is 10.1. The molecule has 0 aliphatic rings. The molecule has 7 heterocycles.